The smallest absolute Gasteiger partial charge is 0.267 e. The lowest BCUT2D eigenvalue weighted by atomic mass is 10.1. The number of aromatic nitrogens is 2. The fourth-order valence-electron chi connectivity index (χ4n) is 2.62. The second-order valence-electron chi connectivity index (χ2n) is 5.95. The SMILES string of the molecule is Cc1ccccc1C(=O)N/N=C\c1c(C)nn(Cc2ccccc2)c1Cl. The minimum absolute atomic E-state index is 0.259. The lowest BCUT2D eigenvalue weighted by molar-refractivity contribution is 0.0954. The number of rotatable bonds is 5. The summed E-state index contributed by atoms with van der Waals surface area (Å²) in [6, 6.07) is 17.3. The van der Waals surface area contributed by atoms with Crippen LogP contribution >= 0.6 is 11.6 Å². The molecule has 26 heavy (non-hydrogen) atoms. The summed E-state index contributed by atoms with van der Waals surface area (Å²) in [6.07, 6.45) is 1.53. The van der Waals surface area contributed by atoms with Crippen LogP contribution in [-0.4, -0.2) is 21.9 Å². The van der Waals surface area contributed by atoms with Gasteiger partial charge in [0.15, 0.2) is 0 Å². The Kier molecular flexibility index (Phi) is 5.49. The van der Waals surface area contributed by atoms with Crippen LogP contribution in [0.25, 0.3) is 0 Å². The van der Waals surface area contributed by atoms with E-state index in [1.807, 2.05) is 62.4 Å². The number of hydrazone groups is 1. The zero-order valence-corrected chi connectivity index (χ0v) is 15.4. The van der Waals surface area contributed by atoms with Gasteiger partial charge >= 0.3 is 0 Å². The molecule has 1 N–H and O–H groups in total. The lowest BCUT2D eigenvalue weighted by Crippen LogP contribution is -2.18. The van der Waals surface area contributed by atoms with Gasteiger partial charge in [0, 0.05) is 5.56 Å². The summed E-state index contributed by atoms with van der Waals surface area (Å²) >= 11 is 6.43. The van der Waals surface area contributed by atoms with Gasteiger partial charge in [0.05, 0.1) is 24.0 Å². The maximum absolute atomic E-state index is 12.2. The fraction of sp³-hybridized carbons (Fsp3) is 0.150. The van der Waals surface area contributed by atoms with E-state index in [1.165, 1.54) is 6.21 Å². The summed E-state index contributed by atoms with van der Waals surface area (Å²) in [5.41, 5.74) is 6.56. The molecule has 3 rings (SSSR count). The highest BCUT2D eigenvalue weighted by Gasteiger charge is 2.12. The summed E-state index contributed by atoms with van der Waals surface area (Å²) < 4.78 is 1.72. The Hall–Kier alpha value is -2.92. The summed E-state index contributed by atoms with van der Waals surface area (Å²) in [7, 11) is 0. The van der Waals surface area contributed by atoms with Crippen molar-refractivity contribution in [3.8, 4) is 0 Å². The lowest BCUT2D eigenvalue weighted by Gasteiger charge is -2.03. The van der Waals surface area contributed by atoms with Crippen LogP contribution in [0, 0.1) is 13.8 Å². The minimum atomic E-state index is -0.259. The molecular formula is C20H19ClN4O. The van der Waals surface area contributed by atoms with E-state index >= 15 is 0 Å². The van der Waals surface area contributed by atoms with Crippen molar-refractivity contribution in [3.63, 3.8) is 0 Å². The molecule has 0 radical (unpaired) electrons. The second-order valence-corrected chi connectivity index (χ2v) is 6.31. The summed E-state index contributed by atoms with van der Waals surface area (Å²) in [5.74, 6) is -0.259. The van der Waals surface area contributed by atoms with Crippen molar-refractivity contribution in [2.75, 3.05) is 0 Å². The Morgan fingerprint density at radius 2 is 1.85 bits per heavy atom. The minimum Gasteiger partial charge on any atom is -0.267 e. The van der Waals surface area contributed by atoms with Gasteiger partial charge in [-0.15, -0.1) is 0 Å². The number of amides is 1. The standard InChI is InChI=1S/C20H19ClN4O/c1-14-8-6-7-11-17(14)20(26)23-22-12-18-15(2)24-25(19(18)21)13-16-9-4-3-5-10-16/h3-12H,13H2,1-2H3,(H,23,26)/b22-12-. The largest absolute Gasteiger partial charge is 0.271 e. The Morgan fingerprint density at radius 3 is 2.58 bits per heavy atom. The molecule has 1 aromatic heterocycles. The average molecular weight is 367 g/mol. The van der Waals surface area contributed by atoms with E-state index in [-0.39, 0.29) is 5.91 Å². The van der Waals surface area contributed by atoms with Gasteiger partial charge in [-0.05, 0) is 31.0 Å². The van der Waals surface area contributed by atoms with E-state index in [1.54, 1.807) is 10.7 Å². The zero-order valence-electron chi connectivity index (χ0n) is 14.6. The first-order valence-electron chi connectivity index (χ1n) is 8.22. The maximum Gasteiger partial charge on any atom is 0.271 e. The molecule has 0 aliphatic rings. The van der Waals surface area contributed by atoms with Crippen LogP contribution in [0.5, 0.6) is 0 Å². The molecule has 0 fully saturated rings. The molecule has 0 atom stereocenters. The van der Waals surface area contributed by atoms with Crippen LogP contribution in [0.15, 0.2) is 59.7 Å². The van der Waals surface area contributed by atoms with Crippen molar-refractivity contribution < 1.29 is 4.79 Å². The molecule has 3 aromatic rings. The molecule has 0 unspecified atom stereocenters. The summed E-state index contributed by atoms with van der Waals surface area (Å²) in [4.78, 5) is 12.2. The zero-order chi connectivity index (χ0) is 18.5. The molecule has 5 nitrogen and oxygen atoms in total. The van der Waals surface area contributed by atoms with Gasteiger partial charge in [-0.25, -0.2) is 10.1 Å². The topological polar surface area (TPSA) is 59.3 Å². The van der Waals surface area contributed by atoms with Crippen LogP contribution in [-0.2, 0) is 6.54 Å². The number of carbonyl (C=O) groups is 1. The Morgan fingerprint density at radius 1 is 1.15 bits per heavy atom. The van der Waals surface area contributed by atoms with Gasteiger partial charge in [-0.1, -0.05) is 60.1 Å². The van der Waals surface area contributed by atoms with E-state index in [2.05, 4.69) is 15.6 Å². The van der Waals surface area contributed by atoms with Crippen LogP contribution < -0.4 is 5.43 Å². The predicted molar refractivity (Wildman–Crippen MR) is 104 cm³/mol. The molecule has 0 spiro atoms. The quantitative estimate of drug-likeness (QED) is 0.548. The maximum atomic E-state index is 12.2. The van der Waals surface area contributed by atoms with Crippen molar-refractivity contribution in [2.45, 2.75) is 20.4 Å². The third-order valence-corrected chi connectivity index (χ3v) is 4.43. The molecule has 0 aliphatic carbocycles. The average Bonchev–Trinajstić information content (AvgIpc) is 2.90. The molecule has 1 amide bonds. The van der Waals surface area contributed by atoms with Crippen LogP contribution in [0.1, 0.15) is 32.7 Å². The van der Waals surface area contributed by atoms with Crippen molar-refractivity contribution in [3.05, 3.63) is 87.7 Å². The first kappa shape index (κ1) is 17.9. The molecule has 132 valence electrons. The van der Waals surface area contributed by atoms with Crippen LogP contribution in [0.4, 0.5) is 0 Å². The molecule has 2 aromatic carbocycles. The van der Waals surface area contributed by atoms with Crippen molar-refractivity contribution in [1.29, 1.82) is 0 Å². The highest BCUT2D eigenvalue weighted by atomic mass is 35.5. The molecule has 0 saturated carbocycles. The monoisotopic (exact) mass is 366 g/mol. The van der Waals surface area contributed by atoms with Gasteiger partial charge in [-0.2, -0.15) is 10.2 Å². The number of nitrogens with zero attached hydrogens (tertiary/aromatic N) is 3. The van der Waals surface area contributed by atoms with E-state index < -0.39 is 0 Å². The third kappa shape index (κ3) is 4.00. The second kappa shape index (κ2) is 7.97. The van der Waals surface area contributed by atoms with Crippen LogP contribution in [0.2, 0.25) is 5.15 Å². The highest BCUT2D eigenvalue weighted by molar-refractivity contribution is 6.32. The Bertz CT molecular complexity index is 948. The summed E-state index contributed by atoms with van der Waals surface area (Å²) in [6.45, 7) is 4.31. The molecular weight excluding hydrogens is 348 g/mol. The number of nitrogens with one attached hydrogen (secondary N) is 1. The van der Waals surface area contributed by atoms with Crippen molar-refractivity contribution >= 4 is 23.7 Å². The number of hydrogen-bond acceptors (Lipinski definition) is 3. The normalized spacial score (nSPS) is 11.0. The predicted octanol–water partition coefficient (Wildman–Crippen LogP) is 3.97. The molecule has 0 aliphatic heterocycles. The molecule has 6 heteroatoms. The molecule has 0 bridgehead atoms. The first-order valence-corrected chi connectivity index (χ1v) is 8.60. The van der Waals surface area contributed by atoms with E-state index in [0.29, 0.717) is 22.8 Å². The highest BCUT2D eigenvalue weighted by Crippen LogP contribution is 2.19. The van der Waals surface area contributed by atoms with E-state index in [0.717, 1.165) is 16.8 Å². The van der Waals surface area contributed by atoms with Gasteiger partial charge in [0.1, 0.15) is 5.15 Å². The van der Waals surface area contributed by atoms with Crippen molar-refractivity contribution in [1.82, 2.24) is 15.2 Å². The molecule has 0 saturated heterocycles. The first-order chi connectivity index (χ1) is 12.6. The number of halogens is 1. The number of aryl methyl sites for hydroxylation is 2. The van der Waals surface area contributed by atoms with E-state index in [4.69, 9.17) is 11.6 Å². The number of hydrogen-bond donors (Lipinski definition) is 1. The van der Waals surface area contributed by atoms with Gasteiger partial charge in [0.25, 0.3) is 5.91 Å². The van der Waals surface area contributed by atoms with E-state index in [9.17, 15) is 4.79 Å². The Labute approximate surface area is 157 Å². The van der Waals surface area contributed by atoms with Crippen molar-refractivity contribution in [2.24, 2.45) is 5.10 Å². The van der Waals surface area contributed by atoms with Gasteiger partial charge < -0.3 is 0 Å². The number of benzene rings is 2. The third-order valence-electron chi connectivity index (χ3n) is 4.03. The van der Waals surface area contributed by atoms with Gasteiger partial charge in [-0.3, -0.25) is 4.79 Å². The van der Waals surface area contributed by atoms with Crippen LogP contribution in [0.3, 0.4) is 0 Å². The summed E-state index contributed by atoms with van der Waals surface area (Å²) in [5, 5.41) is 8.98. The number of carbonyl (C=O) groups excluding carboxylic acids is 1. The van der Waals surface area contributed by atoms with Gasteiger partial charge in [0.2, 0.25) is 0 Å². The molecule has 1 heterocycles. The fourth-order valence-corrected chi connectivity index (χ4v) is 2.90. The Balaban J connectivity index is 1.73.